The molecule has 1 aliphatic heterocycles. The Labute approximate surface area is 110 Å². The summed E-state index contributed by atoms with van der Waals surface area (Å²) in [7, 11) is 0. The molecule has 3 rings (SSSR count). The highest BCUT2D eigenvalue weighted by atomic mass is 79.9. The number of alkyl halides is 1. The Morgan fingerprint density at radius 2 is 2.12 bits per heavy atom. The quantitative estimate of drug-likeness (QED) is 0.705. The molecule has 0 aromatic heterocycles. The Hall–Kier alpha value is 0.0500. The van der Waals surface area contributed by atoms with Gasteiger partial charge in [-0.2, -0.15) is 0 Å². The van der Waals surface area contributed by atoms with E-state index >= 15 is 0 Å². The maximum Gasteiger partial charge on any atom is 0.0148 e. The first-order valence-electron chi connectivity index (χ1n) is 6.18. The molecule has 0 spiro atoms. The molecule has 0 amide bonds. The molecule has 2 aliphatic rings. The van der Waals surface area contributed by atoms with Crippen LogP contribution in [0.2, 0.25) is 0 Å². The zero-order chi connectivity index (χ0) is 11.0. The second-order valence-corrected chi connectivity index (χ2v) is 7.41. The van der Waals surface area contributed by atoms with Crippen LogP contribution in [0.25, 0.3) is 0 Å². The van der Waals surface area contributed by atoms with E-state index in [-0.39, 0.29) is 0 Å². The number of benzene rings is 1. The van der Waals surface area contributed by atoms with Gasteiger partial charge in [0.2, 0.25) is 0 Å². The van der Waals surface area contributed by atoms with Crippen molar-refractivity contribution in [3.63, 3.8) is 0 Å². The van der Waals surface area contributed by atoms with Gasteiger partial charge >= 0.3 is 0 Å². The Balaban J connectivity index is 1.69. The fourth-order valence-electron chi connectivity index (χ4n) is 3.05. The summed E-state index contributed by atoms with van der Waals surface area (Å²) in [4.78, 5) is 2.32. The molecule has 0 bridgehead atoms. The van der Waals surface area contributed by atoms with E-state index in [4.69, 9.17) is 0 Å². The lowest BCUT2D eigenvalue weighted by atomic mass is 9.89. The molecule has 0 N–H and O–H groups in total. The Bertz CT molecular complexity index is 377. The molecule has 0 radical (unpaired) electrons. The van der Waals surface area contributed by atoms with Gasteiger partial charge in [0.15, 0.2) is 0 Å². The van der Waals surface area contributed by atoms with Crippen LogP contribution in [0.3, 0.4) is 0 Å². The maximum atomic E-state index is 3.75. The Morgan fingerprint density at radius 1 is 1.25 bits per heavy atom. The van der Waals surface area contributed by atoms with E-state index in [1.54, 1.807) is 5.56 Å². The molecule has 1 aromatic rings. The molecule has 16 heavy (non-hydrogen) atoms. The van der Waals surface area contributed by atoms with Gasteiger partial charge < -0.3 is 0 Å². The number of halogens is 1. The van der Waals surface area contributed by atoms with E-state index in [1.807, 2.05) is 11.8 Å². The molecule has 0 saturated heterocycles. The standard InChI is InChI=1S/C14H17BrS/c15-12-6-5-10(8-12)7-11-9-16-14-4-2-1-3-13(11)14/h1-4,10-12H,5-9H2. The largest absolute Gasteiger partial charge is 0.125 e. The molecule has 1 heterocycles. The van der Waals surface area contributed by atoms with Crippen molar-refractivity contribution in [1.82, 2.24) is 0 Å². The van der Waals surface area contributed by atoms with Gasteiger partial charge in [-0.05, 0) is 49.1 Å². The number of hydrogen-bond acceptors (Lipinski definition) is 1. The number of fused-ring (bicyclic) bond motifs is 1. The van der Waals surface area contributed by atoms with Gasteiger partial charge in [-0.3, -0.25) is 0 Å². The molecular formula is C14H17BrS. The molecule has 1 fully saturated rings. The van der Waals surface area contributed by atoms with Crippen LogP contribution in [0.5, 0.6) is 0 Å². The summed E-state index contributed by atoms with van der Waals surface area (Å²) in [6.07, 6.45) is 5.61. The first kappa shape index (κ1) is 11.2. The van der Waals surface area contributed by atoms with Crippen LogP contribution in [0.1, 0.15) is 37.2 Å². The van der Waals surface area contributed by atoms with E-state index in [0.29, 0.717) is 0 Å². The van der Waals surface area contributed by atoms with E-state index in [2.05, 4.69) is 40.2 Å². The SMILES string of the molecule is BrC1CCC(CC2CSc3ccccc32)C1. The van der Waals surface area contributed by atoms with E-state index in [9.17, 15) is 0 Å². The van der Waals surface area contributed by atoms with Crippen molar-refractivity contribution < 1.29 is 0 Å². The zero-order valence-electron chi connectivity index (χ0n) is 9.36. The predicted octanol–water partition coefficient (Wildman–Crippen LogP) is 4.83. The van der Waals surface area contributed by atoms with Crippen molar-refractivity contribution in [2.75, 3.05) is 5.75 Å². The van der Waals surface area contributed by atoms with Crippen LogP contribution < -0.4 is 0 Å². The van der Waals surface area contributed by atoms with Crippen molar-refractivity contribution in [3.05, 3.63) is 29.8 Å². The number of rotatable bonds is 2. The van der Waals surface area contributed by atoms with Crippen LogP contribution >= 0.6 is 27.7 Å². The molecule has 3 atom stereocenters. The highest BCUT2D eigenvalue weighted by Crippen LogP contribution is 2.45. The summed E-state index contributed by atoms with van der Waals surface area (Å²) >= 11 is 5.80. The first-order chi connectivity index (χ1) is 7.83. The number of thioether (sulfide) groups is 1. The maximum absolute atomic E-state index is 3.75. The monoisotopic (exact) mass is 296 g/mol. The lowest BCUT2D eigenvalue weighted by molar-refractivity contribution is 0.465. The van der Waals surface area contributed by atoms with E-state index in [1.165, 1.54) is 36.3 Å². The normalized spacial score (nSPS) is 32.9. The molecule has 86 valence electrons. The van der Waals surface area contributed by atoms with Gasteiger partial charge in [0, 0.05) is 15.5 Å². The van der Waals surface area contributed by atoms with Crippen molar-refractivity contribution in [2.24, 2.45) is 5.92 Å². The van der Waals surface area contributed by atoms with Crippen molar-refractivity contribution in [1.29, 1.82) is 0 Å². The molecule has 1 saturated carbocycles. The minimum Gasteiger partial charge on any atom is -0.125 e. The van der Waals surface area contributed by atoms with Crippen molar-refractivity contribution in [2.45, 2.75) is 41.3 Å². The third-order valence-corrected chi connectivity index (χ3v) is 5.98. The minimum absolute atomic E-state index is 0.793. The van der Waals surface area contributed by atoms with Crippen LogP contribution in [-0.2, 0) is 0 Å². The van der Waals surface area contributed by atoms with Crippen LogP contribution in [0, 0.1) is 5.92 Å². The fraction of sp³-hybridized carbons (Fsp3) is 0.571. The lowest BCUT2D eigenvalue weighted by Gasteiger charge is -2.15. The first-order valence-corrected chi connectivity index (χ1v) is 8.09. The minimum atomic E-state index is 0.793. The lowest BCUT2D eigenvalue weighted by Crippen LogP contribution is -2.05. The van der Waals surface area contributed by atoms with Gasteiger partial charge in [-0.25, -0.2) is 0 Å². The molecule has 1 aromatic carbocycles. The third-order valence-electron chi connectivity index (χ3n) is 3.89. The summed E-state index contributed by atoms with van der Waals surface area (Å²) < 4.78 is 0. The second kappa shape index (κ2) is 4.73. The molecule has 2 heteroatoms. The van der Waals surface area contributed by atoms with E-state index < -0.39 is 0 Å². The van der Waals surface area contributed by atoms with Gasteiger partial charge in [0.05, 0.1) is 0 Å². The average Bonchev–Trinajstić information content (AvgIpc) is 2.87. The average molecular weight is 297 g/mol. The van der Waals surface area contributed by atoms with Crippen molar-refractivity contribution in [3.8, 4) is 0 Å². The summed E-state index contributed by atoms with van der Waals surface area (Å²) in [6.45, 7) is 0. The highest BCUT2D eigenvalue weighted by Gasteiger charge is 2.29. The highest BCUT2D eigenvalue weighted by molar-refractivity contribution is 9.09. The van der Waals surface area contributed by atoms with Crippen LogP contribution in [0.4, 0.5) is 0 Å². The summed E-state index contributed by atoms with van der Waals surface area (Å²) in [5, 5.41) is 0. The van der Waals surface area contributed by atoms with Gasteiger partial charge in [0.1, 0.15) is 0 Å². The van der Waals surface area contributed by atoms with Gasteiger partial charge in [-0.15, -0.1) is 11.8 Å². The third kappa shape index (κ3) is 2.19. The van der Waals surface area contributed by atoms with Gasteiger partial charge in [-0.1, -0.05) is 34.1 Å². The molecule has 1 aliphatic carbocycles. The molecule has 3 unspecified atom stereocenters. The van der Waals surface area contributed by atoms with E-state index in [0.717, 1.165) is 16.7 Å². The summed E-state index contributed by atoms with van der Waals surface area (Å²) in [5.74, 6) is 3.09. The predicted molar refractivity (Wildman–Crippen MR) is 74.6 cm³/mol. The fourth-order valence-corrected chi connectivity index (χ4v) is 5.12. The van der Waals surface area contributed by atoms with Gasteiger partial charge in [0.25, 0.3) is 0 Å². The van der Waals surface area contributed by atoms with Crippen molar-refractivity contribution >= 4 is 27.7 Å². The zero-order valence-corrected chi connectivity index (χ0v) is 11.8. The molecular weight excluding hydrogens is 280 g/mol. The van der Waals surface area contributed by atoms with Crippen LogP contribution in [-0.4, -0.2) is 10.6 Å². The topological polar surface area (TPSA) is 0 Å². The molecule has 0 nitrogen and oxygen atoms in total. The summed E-state index contributed by atoms with van der Waals surface area (Å²) in [6, 6.07) is 8.97. The van der Waals surface area contributed by atoms with Crippen LogP contribution in [0.15, 0.2) is 29.2 Å². The summed E-state index contributed by atoms with van der Waals surface area (Å²) in [5.41, 5.74) is 1.62. The second-order valence-electron chi connectivity index (χ2n) is 5.06. The number of hydrogen-bond donors (Lipinski definition) is 0. The Morgan fingerprint density at radius 3 is 2.94 bits per heavy atom. The smallest absolute Gasteiger partial charge is 0.0148 e. The Kier molecular flexibility index (Phi) is 3.30.